The van der Waals surface area contributed by atoms with Gasteiger partial charge in [0.05, 0.1) is 6.54 Å². The van der Waals surface area contributed by atoms with Gasteiger partial charge in [-0.15, -0.1) is 0 Å². The Bertz CT molecular complexity index is 588. The molecule has 25 heavy (non-hydrogen) atoms. The van der Waals surface area contributed by atoms with Crippen molar-refractivity contribution in [2.75, 3.05) is 44.2 Å². The normalized spacial score (nSPS) is 16.4. The molecule has 2 amide bonds. The van der Waals surface area contributed by atoms with Gasteiger partial charge < -0.3 is 15.5 Å². The summed E-state index contributed by atoms with van der Waals surface area (Å²) in [5.41, 5.74) is 1.11. The Kier molecular flexibility index (Phi) is 7.52. The van der Waals surface area contributed by atoms with Crippen molar-refractivity contribution in [1.29, 1.82) is 0 Å². The highest BCUT2D eigenvalue weighted by Crippen LogP contribution is 2.20. The van der Waals surface area contributed by atoms with Crippen LogP contribution in [-0.4, -0.2) is 62.0 Å². The second-order valence-electron chi connectivity index (χ2n) is 6.32. The van der Waals surface area contributed by atoms with Crippen molar-refractivity contribution >= 4 is 29.1 Å². The quantitative estimate of drug-likeness (QED) is 0.767. The van der Waals surface area contributed by atoms with Crippen molar-refractivity contribution in [2.45, 2.75) is 26.3 Å². The standard InChI is InChI=1S/C18H27ClN4O2/c1-3-7-20-18(25)14(2)21-17(24)13-22-8-10-23(11-9-22)16-6-4-5-15(19)12-16/h4-6,12,14H,3,7-11,13H2,1-2H3,(H,20,25)(H,21,24)/t14-/m1/s1. The number of nitrogens with zero attached hydrogens (tertiary/aromatic N) is 2. The highest BCUT2D eigenvalue weighted by atomic mass is 35.5. The molecule has 2 N–H and O–H groups in total. The molecule has 1 heterocycles. The first-order chi connectivity index (χ1) is 12.0. The molecule has 1 aliphatic heterocycles. The predicted octanol–water partition coefficient (Wildman–Crippen LogP) is 1.49. The minimum absolute atomic E-state index is 0.115. The van der Waals surface area contributed by atoms with Gasteiger partial charge in [-0.3, -0.25) is 14.5 Å². The van der Waals surface area contributed by atoms with Crippen LogP contribution < -0.4 is 15.5 Å². The van der Waals surface area contributed by atoms with E-state index in [0.717, 1.165) is 43.3 Å². The van der Waals surface area contributed by atoms with Gasteiger partial charge in [-0.05, 0) is 31.5 Å². The molecule has 1 atom stereocenters. The molecule has 0 saturated carbocycles. The molecule has 1 aromatic carbocycles. The van der Waals surface area contributed by atoms with Crippen LogP contribution in [0.15, 0.2) is 24.3 Å². The van der Waals surface area contributed by atoms with E-state index in [-0.39, 0.29) is 11.8 Å². The van der Waals surface area contributed by atoms with Crippen molar-refractivity contribution in [1.82, 2.24) is 15.5 Å². The molecular formula is C18H27ClN4O2. The number of anilines is 1. The fourth-order valence-corrected chi connectivity index (χ4v) is 2.98. The summed E-state index contributed by atoms with van der Waals surface area (Å²) in [6.07, 6.45) is 0.878. The molecule has 1 aliphatic rings. The number of benzene rings is 1. The molecule has 7 heteroatoms. The van der Waals surface area contributed by atoms with Crippen LogP contribution in [0.1, 0.15) is 20.3 Å². The van der Waals surface area contributed by atoms with E-state index < -0.39 is 6.04 Å². The van der Waals surface area contributed by atoms with Crippen LogP contribution in [0.3, 0.4) is 0 Å². The monoisotopic (exact) mass is 366 g/mol. The maximum absolute atomic E-state index is 12.1. The molecule has 0 aliphatic carbocycles. The average molecular weight is 367 g/mol. The third-order valence-corrected chi connectivity index (χ3v) is 4.47. The second-order valence-corrected chi connectivity index (χ2v) is 6.76. The largest absolute Gasteiger partial charge is 0.369 e. The van der Waals surface area contributed by atoms with Crippen LogP contribution >= 0.6 is 11.6 Å². The van der Waals surface area contributed by atoms with Gasteiger partial charge in [0.15, 0.2) is 0 Å². The van der Waals surface area contributed by atoms with E-state index in [0.29, 0.717) is 13.1 Å². The smallest absolute Gasteiger partial charge is 0.242 e. The number of amides is 2. The zero-order valence-corrected chi connectivity index (χ0v) is 15.7. The number of carbonyl (C=O) groups is 2. The van der Waals surface area contributed by atoms with E-state index in [4.69, 9.17) is 11.6 Å². The van der Waals surface area contributed by atoms with Gasteiger partial charge in [-0.1, -0.05) is 24.6 Å². The molecule has 0 bridgehead atoms. The van der Waals surface area contributed by atoms with Gasteiger partial charge in [0, 0.05) is 43.4 Å². The van der Waals surface area contributed by atoms with Crippen molar-refractivity contribution in [3.8, 4) is 0 Å². The molecule has 6 nitrogen and oxygen atoms in total. The SMILES string of the molecule is CCCNC(=O)[C@@H](C)NC(=O)CN1CCN(c2cccc(Cl)c2)CC1. The molecular weight excluding hydrogens is 340 g/mol. The van der Waals surface area contributed by atoms with Gasteiger partial charge >= 0.3 is 0 Å². The third kappa shape index (κ3) is 6.21. The Balaban J connectivity index is 1.74. The molecule has 0 spiro atoms. The molecule has 138 valence electrons. The third-order valence-electron chi connectivity index (χ3n) is 4.23. The van der Waals surface area contributed by atoms with E-state index in [2.05, 4.69) is 20.4 Å². The number of carbonyl (C=O) groups excluding carboxylic acids is 2. The van der Waals surface area contributed by atoms with E-state index in [1.165, 1.54) is 0 Å². The Morgan fingerprint density at radius 2 is 1.96 bits per heavy atom. The number of hydrogen-bond acceptors (Lipinski definition) is 4. The van der Waals surface area contributed by atoms with Crippen molar-refractivity contribution < 1.29 is 9.59 Å². The minimum Gasteiger partial charge on any atom is -0.369 e. The highest BCUT2D eigenvalue weighted by Gasteiger charge is 2.21. The van der Waals surface area contributed by atoms with Crippen LogP contribution in [0.4, 0.5) is 5.69 Å². The van der Waals surface area contributed by atoms with E-state index >= 15 is 0 Å². The first-order valence-electron chi connectivity index (χ1n) is 8.79. The summed E-state index contributed by atoms with van der Waals surface area (Å²) in [5.74, 6) is -0.253. The lowest BCUT2D eigenvalue weighted by molar-refractivity contribution is -0.129. The van der Waals surface area contributed by atoms with Crippen LogP contribution in [0.2, 0.25) is 5.02 Å². The Morgan fingerprint density at radius 1 is 1.24 bits per heavy atom. The number of halogens is 1. The summed E-state index contributed by atoms with van der Waals surface area (Å²) in [6, 6.07) is 7.31. The summed E-state index contributed by atoms with van der Waals surface area (Å²) < 4.78 is 0. The maximum Gasteiger partial charge on any atom is 0.242 e. The van der Waals surface area contributed by atoms with Crippen molar-refractivity contribution in [2.24, 2.45) is 0 Å². The van der Waals surface area contributed by atoms with Gasteiger partial charge in [-0.25, -0.2) is 0 Å². The van der Waals surface area contributed by atoms with Gasteiger partial charge in [0.2, 0.25) is 11.8 Å². The van der Waals surface area contributed by atoms with Crippen molar-refractivity contribution in [3.63, 3.8) is 0 Å². The first kappa shape index (κ1) is 19.5. The summed E-state index contributed by atoms with van der Waals surface area (Å²) in [5, 5.41) is 6.28. The van der Waals surface area contributed by atoms with E-state index in [9.17, 15) is 9.59 Å². The Hall–Kier alpha value is -1.79. The number of hydrogen-bond donors (Lipinski definition) is 2. The average Bonchev–Trinajstić information content (AvgIpc) is 2.60. The summed E-state index contributed by atoms with van der Waals surface area (Å²) in [6.45, 7) is 7.94. The number of piperazine rings is 1. The zero-order chi connectivity index (χ0) is 18.2. The fraction of sp³-hybridized carbons (Fsp3) is 0.556. The molecule has 1 fully saturated rings. The lowest BCUT2D eigenvalue weighted by Crippen LogP contribution is -2.52. The molecule has 0 radical (unpaired) electrons. The highest BCUT2D eigenvalue weighted by molar-refractivity contribution is 6.30. The Morgan fingerprint density at radius 3 is 2.60 bits per heavy atom. The number of rotatable bonds is 7. The summed E-state index contributed by atoms with van der Waals surface area (Å²) in [7, 11) is 0. The van der Waals surface area contributed by atoms with Crippen LogP contribution in [0.25, 0.3) is 0 Å². The summed E-state index contributed by atoms with van der Waals surface area (Å²) in [4.78, 5) is 28.3. The van der Waals surface area contributed by atoms with E-state index in [1.807, 2.05) is 31.2 Å². The van der Waals surface area contributed by atoms with Gasteiger partial charge in [0.25, 0.3) is 0 Å². The van der Waals surface area contributed by atoms with Crippen LogP contribution in [-0.2, 0) is 9.59 Å². The predicted molar refractivity (Wildman–Crippen MR) is 101 cm³/mol. The maximum atomic E-state index is 12.1. The molecule has 2 rings (SSSR count). The topological polar surface area (TPSA) is 64.7 Å². The van der Waals surface area contributed by atoms with E-state index in [1.54, 1.807) is 6.92 Å². The summed E-state index contributed by atoms with van der Waals surface area (Å²) >= 11 is 6.04. The molecule has 0 aromatic heterocycles. The zero-order valence-electron chi connectivity index (χ0n) is 14.9. The first-order valence-corrected chi connectivity index (χ1v) is 9.17. The Labute approximate surface area is 154 Å². The van der Waals surface area contributed by atoms with Crippen LogP contribution in [0, 0.1) is 0 Å². The molecule has 1 aromatic rings. The molecule has 0 unspecified atom stereocenters. The van der Waals surface area contributed by atoms with Crippen LogP contribution in [0.5, 0.6) is 0 Å². The lowest BCUT2D eigenvalue weighted by Gasteiger charge is -2.35. The van der Waals surface area contributed by atoms with Gasteiger partial charge in [0.1, 0.15) is 6.04 Å². The second kappa shape index (κ2) is 9.63. The molecule has 1 saturated heterocycles. The van der Waals surface area contributed by atoms with Crippen molar-refractivity contribution in [3.05, 3.63) is 29.3 Å². The lowest BCUT2D eigenvalue weighted by atomic mass is 10.2. The number of nitrogens with one attached hydrogen (secondary N) is 2. The minimum atomic E-state index is -0.508. The van der Waals surface area contributed by atoms with Gasteiger partial charge in [-0.2, -0.15) is 0 Å². The fourth-order valence-electron chi connectivity index (χ4n) is 2.79.